The third-order valence-electron chi connectivity index (χ3n) is 3.36. The number of hydrogen-bond donors (Lipinski definition) is 0. The first-order valence-electron chi connectivity index (χ1n) is 6.36. The Labute approximate surface area is 117 Å². The molecule has 19 heavy (non-hydrogen) atoms. The molecule has 0 saturated carbocycles. The van der Waals surface area contributed by atoms with E-state index < -0.39 is 0 Å². The van der Waals surface area contributed by atoms with Crippen molar-refractivity contribution in [3.63, 3.8) is 0 Å². The molecule has 1 aromatic carbocycles. The van der Waals surface area contributed by atoms with E-state index >= 15 is 0 Å². The number of likely N-dealkylation sites (N-methyl/N-ethyl adjacent to an activating group) is 1. The van der Waals surface area contributed by atoms with E-state index in [0.29, 0.717) is 16.3 Å². The summed E-state index contributed by atoms with van der Waals surface area (Å²) in [6, 6.07) is 5.15. The number of carbonyl (C=O) groups excluding carboxylic acids is 2. The minimum atomic E-state index is 0.0803. The maximum Gasteiger partial charge on any atom is 0.242 e. The highest BCUT2D eigenvalue weighted by Gasteiger charge is 2.21. The highest BCUT2D eigenvalue weighted by Crippen LogP contribution is 2.28. The zero-order valence-corrected chi connectivity index (χ0v) is 11.7. The van der Waals surface area contributed by atoms with Gasteiger partial charge in [0.05, 0.1) is 17.3 Å². The Bertz CT molecular complexity index is 484. The number of nitrogens with zero attached hydrogens (tertiary/aromatic N) is 2. The fraction of sp³-hybridized carbons (Fsp3) is 0.429. The van der Waals surface area contributed by atoms with Crippen molar-refractivity contribution < 1.29 is 9.59 Å². The van der Waals surface area contributed by atoms with E-state index in [1.54, 1.807) is 30.1 Å². The van der Waals surface area contributed by atoms with Gasteiger partial charge in [0.2, 0.25) is 5.91 Å². The molecule has 1 fully saturated rings. The molecule has 1 saturated heterocycles. The number of rotatable bonds is 4. The number of halogens is 1. The lowest BCUT2D eigenvalue weighted by Gasteiger charge is -2.24. The van der Waals surface area contributed by atoms with Crippen LogP contribution in [0, 0.1) is 0 Å². The summed E-state index contributed by atoms with van der Waals surface area (Å²) in [6.07, 6.45) is 2.90. The van der Waals surface area contributed by atoms with Crippen LogP contribution in [0.5, 0.6) is 0 Å². The number of amides is 1. The molecule has 0 spiro atoms. The summed E-state index contributed by atoms with van der Waals surface area (Å²) in [7, 11) is 1.78. The lowest BCUT2D eigenvalue weighted by Crippen LogP contribution is -2.37. The van der Waals surface area contributed by atoms with Gasteiger partial charge in [0.1, 0.15) is 0 Å². The second-order valence-corrected chi connectivity index (χ2v) is 5.15. The molecule has 4 nitrogen and oxygen atoms in total. The number of likely N-dealkylation sites (tertiary alicyclic amines) is 1. The number of carbonyl (C=O) groups is 2. The van der Waals surface area contributed by atoms with Crippen molar-refractivity contribution in [3.8, 4) is 0 Å². The summed E-state index contributed by atoms with van der Waals surface area (Å²) in [6.45, 7) is 1.90. The molecule has 102 valence electrons. The van der Waals surface area contributed by atoms with Crippen molar-refractivity contribution in [1.29, 1.82) is 0 Å². The number of anilines is 1. The number of para-hydroxylation sites is 1. The van der Waals surface area contributed by atoms with Gasteiger partial charge in [-0.3, -0.25) is 9.59 Å². The first-order valence-corrected chi connectivity index (χ1v) is 6.74. The SMILES string of the molecule is CN(CC(=O)N1CCCC1)c1c(Cl)cccc1C=O. The maximum atomic E-state index is 12.1. The van der Waals surface area contributed by atoms with Crippen LogP contribution in [0.4, 0.5) is 5.69 Å². The maximum absolute atomic E-state index is 12.1. The van der Waals surface area contributed by atoms with E-state index in [1.807, 2.05) is 4.90 Å². The Hall–Kier alpha value is -1.55. The number of benzene rings is 1. The highest BCUT2D eigenvalue weighted by atomic mass is 35.5. The topological polar surface area (TPSA) is 40.6 Å². The Kier molecular flexibility index (Phi) is 4.43. The monoisotopic (exact) mass is 280 g/mol. The molecule has 0 radical (unpaired) electrons. The van der Waals surface area contributed by atoms with Crippen molar-refractivity contribution in [3.05, 3.63) is 28.8 Å². The van der Waals surface area contributed by atoms with Gasteiger partial charge in [-0.05, 0) is 25.0 Å². The third-order valence-corrected chi connectivity index (χ3v) is 3.66. The average Bonchev–Trinajstić information content (AvgIpc) is 2.92. The van der Waals surface area contributed by atoms with Crippen LogP contribution in [0.2, 0.25) is 5.02 Å². The second kappa shape index (κ2) is 6.06. The molecule has 0 aliphatic carbocycles. The van der Waals surface area contributed by atoms with E-state index in [2.05, 4.69) is 0 Å². The molecular weight excluding hydrogens is 264 g/mol. The molecule has 1 aromatic rings. The van der Waals surface area contributed by atoms with Crippen LogP contribution in [0.25, 0.3) is 0 Å². The molecule has 0 bridgehead atoms. The predicted molar refractivity (Wildman–Crippen MR) is 75.9 cm³/mol. The first-order chi connectivity index (χ1) is 9.13. The average molecular weight is 281 g/mol. The van der Waals surface area contributed by atoms with Crippen molar-refractivity contribution >= 4 is 29.5 Å². The zero-order chi connectivity index (χ0) is 13.8. The van der Waals surface area contributed by atoms with Crippen molar-refractivity contribution in [2.45, 2.75) is 12.8 Å². The number of hydrogen-bond acceptors (Lipinski definition) is 3. The predicted octanol–water partition coefficient (Wildman–Crippen LogP) is 2.21. The molecule has 0 atom stereocenters. The normalized spacial score (nSPS) is 14.5. The van der Waals surface area contributed by atoms with Crippen LogP contribution in [0.15, 0.2) is 18.2 Å². The van der Waals surface area contributed by atoms with Gasteiger partial charge in [0, 0.05) is 25.7 Å². The van der Waals surface area contributed by atoms with Gasteiger partial charge in [0.15, 0.2) is 6.29 Å². The van der Waals surface area contributed by atoms with E-state index in [9.17, 15) is 9.59 Å². The number of aldehydes is 1. The molecule has 0 unspecified atom stereocenters. The second-order valence-electron chi connectivity index (χ2n) is 4.74. The van der Waals surface area contributed by atoms with Crippen LogP contribution < -0.4 is 4.90 Å². The summed E-state index contributed by atoms with van der Waals surface area (Å²) in [4.78, 5) is 26.7. The van der Waals surface area contributed by atoms with E-state index in [0.717, 1.165) is 32.2 Å². The molecule has 1 amide bonds. The van der Waals surface area contributed by atoms with Gasteiger partial charge in [-0.2, -0.15) is 0 Å². The van der Waals surface area contributed by atoms with Crippen molar-refractivity contribution in [1.82, 2.24) is 4.90 Å². The van der Waals surface area contributed by atoms with Gasteiger partial charge >= 0.3 is 0 Å². The minimum Gasteiger partial charge on any atom is -0.363 e. The van der Waals surface area contributed by atoms with E-state index in [1.165, 1.54) is 0 Å². The molecular formula is C14H17ClN2O2. The summed E-state index contributed by atoms with van der Waals surface area (Å²) < 4.78 is 0. The highest BCUT2D eigenvalue weighted by molar-refractivity contribution is 6.34. The Morgan fingerprint density at radius 2 is 2.11 bits per heavy atom. The molecule has 0 N–H and O–H groups in total. The standard InChI is InChI=1S/C14H17ClN2O2/c1-16(9-13(19)17-7-2-3-8-17)14-11(10-18)5-4-6-12(14)15/h4-6,10H,2-3,7-9H2,1H3. The first kappa shape index (κ1) is 13.9. The molecule has 1 aliphatic heterocycles. The van der Waals surface area contributed by atoms with Crippen LogP contribution in [-0.2, 0) is 4.79 Å². The molecule has 5 heteroatoms. The minimum absolute atomic E-state index is 0.0803. The smallest absolute Gasteiger partial charge is 0.242 e. The quantitative estimate of drug-likeness (QED) is 0.794. The molecule has 2 rings (SSSR count). The largest absolute Gasteiger partial charge is 0.363 e. The summed E-state index contributed by atoms with van der Waals surface area (Å²) in [5.41, 5.74) is 1.12. The van der Waals surface area contributed by atoms with Crippen LogP contribution in [0.1, 0.15) is 23.2 Å². The molecule has 0 aromatic heterocycles. The van der Waals surface area contributed by atoms with Gasteiger partial charge < -0.3 is 9.80 Å². The van der Waals surface area contributed by atoms with Gasteiger partial charge in [-0.15, -0.1) is 0 Å². The van der Waals surface area contributed by atoms with E-state index in [-0.39, 0.29) is 12.5 Å². The Morgan fingerprint density at radius 1 is 1.42 bits per heavy atom. The lowest BCUT2D eigenvalue weighted by molar-refractivity contribution is -0.128. The van der Waals surface area contributed by atoms with Gasteiger partial charge in [0.25, 0.3) is 0 Å². The van der Waals surface area contributed by atoms with Crippen LogP contribution in [-0.4, -0.2) is 43.8 Å². The molecule has 1 aliphatic rings. The summed E-state index contributed by atoms with van der Waals surface area (Å²) in [5, 5.41) is 0.487. The van der Waals surface area contributed by atoms with Gasteiger partial charge in [-0.1, -0.05) is 17.7 Å². The van der Waals surface area contributed by atoms with E-state index in [4.69, 9.17) is 11.6 Å². The van der Waals surface area contributed by atoms with Crippen LogP contribution >= 0.6 is 11.6 Å². The Balaban J connectivity index is 2.13. The Morgan fingerprint density at radius 3 is 2.74 bits per heavy atom. The van der Waals surface area contributed by atoms with Crippen molar-refractivity contribution in [2.24, 2.45) is 0 Å². The van der Waals surface area contributed by atoms with Crippen molar-refractivity contribution in [2.75, 3.05) is 31.6 Å². The van der Waals surface area contributed by atoms with Crippen LogP contribution in [0.3, 0.4) is 0 Å². The van der Waals surface area contributed by atoms with Gasteiger partial charge in [-0.25, -0.2) is 0 Å². The fourth-order valence-electron chi connectivity index (χ4n) is 2.38. The zero-order valence-electron chi connectivity index (χ0n) is 10.9. The molecule has 1 heterocycles. The third kappa shape index (κ3) is 3.07. The summed E-state index contributed by atoms with van der Waals surface area (Å²) >= 11 is 6.12. The summed E-state index contributed by atoms with van der Waals surface area (Å²) in [5.74, 6) is 0.0803. The lowest BCUT2D eigenvalue weighted by atomic mass is 10.2. The fourth-order valence-corrected chi connectivity index (χ4v) is 2.70.